The average molecular weight is 295 g/mol. The van der Waals surface area contributed by atoms with Crippen LogP contribution in [0, 0.1) is 0 Å². The maximum absolute atomic E-state index is 5.19. The van der Waals surface area contributed by atoms with Gasteiger partial charge in [0.1, 0.15) is 11.4 Å². The van der Waals surface area contributed by atoms with Crippen LogP contribution in [0.15, 0.2) is 48.8 Å². The molecule has 0 saturated heterocycles. The molecule has 2 heterocycles. The lowest BCUT2D eigenvalue weighted by Gasteiger charge is -2.12. The number of hydrogen-bond donors (Lipinski definition) is 1. The largest absolute Gasteiger partial charge is 0.497 e. The van der Waals surface area contributed by atoms with Crippen molar-refractivity contribution in [3.8, 4) is 17.0 Å². The van der Waals surface area contributed by atoms with Gasteiger partial charge in [-0.15, -0.1) is 0 Å². The lowest BCUT2D eigenvalue weighted by Crippen LogP contribution is -2.13. The van der Waals surface area contributed by atoms with E-state index in [4.69, 9.17) is 9.72 Å². The van der Waals surface area contributed by atoms with Crippen LogP contribution < -0.4 is 10.1 Å². The van der Waals surface area contributed by atoms with Gasteiger partial charge in [-0.2, -0.15) is 0 Å². The predicted octanol–water partition coefficient (Wildman–Crippen LogP) is 4.22. The number of aromatic nitrogens is 2. The second-order valence-electron chi connectivity index (χ2n) is 5.49. The Morgan fingerprint density at radius 2 is 2.00 bits per heavy atom. The summed E-state index contributed by atoms with van der Waals surface area (Å²) in [7, 11) is 1.67. The molecule has 0 aliphatic carbocycles. The summed E-state index contributed by atoms with van der Waals surface area (Å²) in [4.78, 5) is 4.71. The Labute approximate surface area is 130 Å². The molecular weight excluding hydrogens is 274 g/mol. The number of nitrogens with one attached hydrogen (secondary N) is 1. The van der Waals surface area contributed by atoms with Crippen molar-refractivity contribution in [2.45, 2.75) is 26.3 Å². The molecule has 1 aromatic carbocycles. The first-order valence-corrected chi connectivity index (χ1v) is 7.59. The number of rotatable bonds is 5. The first kappa shape index (κ1) is 14.4. The molecule has 0 saturated carbocycles. The van der Waals surface area contributed by atoms with E-state index in [2.05, 4.69) is 31.3 Å². The highest BCUT2D eigenvalue weighted by atomic mass is 16.5. The smallest absolute Gasteiger partial charge is 0.139 e. The van der Waals surface area contributed by atoms with Crippen molar-refractivity contribution in [1.29, 1.82) is 0 Å². The number of benzene rings is 1. The number of imidazole rings is 1. The summed E-state index contributed by atoms with van der Waals surface area (Å²) >= 11 is 0. The zero-order valence-electron chi connectivity index (χ0n) is 13.2. The summed E-state index contributed by atoms with van der Waals surface area (Å²) in [5.74, 6) is 0.854. The third-order valence-corrected chi connectivity index (χ3v) is 3.87. The summed E-state index contributed by atoms with van der Waals surface area (Å²) < 4.78 is 7.24. The van der Waals surface area contributed by atoms with Gasteiger partial charge in [-0.25, -0.2) is 4.98 Å². The van der Waals surface area contributed by atoms with E-state index in [1.165, 1.54) is 0 Å². The fourth-order valence-corrected chi connectivity index (χ4v) is 2.36. The number of anilines is 1. The van der Waals surface area contributed by atoms with E-state index >= 15 is 0 Å². The van der Waals surface area contributed by atoms with Crippen molar-refractivity contribution >= 4 is 11.3 Å². The Bertz CT molecular complexity index is 762. The molecule has 0 amide bonds. The maximum atomic E-state index is 5.19. The van der Waals surface area contributed by atoms with Crippen LogP contribution in [0.4, 0.5) is 5.69 Å². The Kier molecular flexibility index (Phi) is 4.00. The van der Waals surface area contributed by atoms with Gasteiger partial charge in [0.2, 0.25) is 0 Å². The van der Waals surface area contributed by atoms with Crippen LogP contribution in [0.25, 0.3) is 16.9 Å². The number of hydrogen-bond acceptors (Lipinski definition) is 3. The number of nitrogens with zero attached hydrogens (tertiary/aromatic N) is 2. The number of methoxy groups -OCH3 is 1. The number of ether oxygens (including phenoxy) is 1. The highest BCUT2D eigenvalue weighted by molar-refractivity contribution is 5.65. The van der Waals surface area contributed by atoms with Crippen LogP contribution in [0.2, 0.25) is 0 Å². The molecule has 4 heteroatoms. The van der Waals surface area contributed by atoms with Crippen LogP contribution in [0.1, 0.15) is 20.3 Å². The van der Waals surface area contributed by atoms with Crippen LogP contribution >= 0.6 is 0 Å². The quantitative estimate of drug-likeness (QED) is 0.766. The van der Waals surface area contributed by atoms with Crippen molar-refractivity contribution in [3.05, 3.63) is 48.8 Å². The van der Waals surface area contributed by atoms with E-state index in [1.54, 1.807) is 7.11 Å². The van der Waals surface area contributed by atoms with Gasteiger partial charge in [0.15, 0.2) is 0 Å². The van der Waals surface area contributed by atoms with Crippen molar-refractivity contribution in [2.75, 3.05) is 12.4 Å². The Morgan fingerprint density at radius 3 is 2.68 bits per heavy atom. The molecule has 0 aliphatic heterocycles. The highest BCUT2D eigenvalue weighted by Crippen LogP contribution is 2.23. The molecule has 1 unspecified atom stereocenters. The minimum absolute atomic E-state index is 0.457. The van der Waals surface area contributed by atoms with Crippen LogP contribution in [-0.4, -0.2) is 22.5 Å². The topological polar surface area (TPSA) is 38.6 Å². The van der Waals surface area contributed by atoms with Crippen LogP contribution in [-0.2, 0) is 0 Å². The third-order valence-electron chi connectivity index (χ3n) is 3.87. The average Bonchev–Trinajstić information content (AvgIpc) is 2.98. The van der Waals surface area contributed by atoms with Gasteiger partial charge in [-0.3, -0.25) is 0 Å². The molecule has 0 bridgehead atoms. The summed E-state index contributed by atoms with van der Waals surface area (Å²) in [6.07, 6.45) is 5.18. The van der Waals surface area contributed by atoms with Gasteiger partial charge in [-0.05, 0) is 43.7 Å². The molecule has 1 atom stereocenters. The molecule has 3 aromatic rings. The molecule has 0 aliphatic rings. The lowest BCUT2D eigenvalue weighted by atomic mass is 10.2. The molecule has 0 fully saturated rings. The van der Waals surface area contributed by atoms with Gasteiger partial charge >= 0.3 is 0 Å². The minimum atomic E-state index is 0.457. The van der Waals surface area contributed by atoms with E-state index in [1.807, 2.05) is 41.1 Å². The number of pyridine rings is 1. The van der Waals surface area contributed by atoms with Crippen molar-refractivity contribution < 1.29 is 4.74 Å². The van der Waals surface area contributed by atoms with Gasteiger partial charge in [0.05, 0.1) is 12.8 Å². The molecule has 114 valence electrons. The summed E-state index contributed by atoms with van der Waals surface area (Å²) in [5.41, 5.74) is 4.09. The second-order valence-corrected chi connectivity index (χ2v) is 5.49. The van der Waals surface area contributed by atoms with Crippen LogP contribution in [0.3, 0.4) is 0 Å². The molecule has 3 rings (SSSR count). The van der Waals surface area contributed by atoms with E-state index in [0.29, 0.717) is 6.04 Å². The van der Waals surface area contributed by atoms with Gasteiger partial charge in [0.25, 0.3) is 0 Å². The van der Waals surface area contributed by atoms with Crippen LogP contribution in [0.5, 0.6) is 5.75 Å². The van der Waals surface area contributed by atoms with Gasteiger partial charge in [0, 0.05) is 35.8 Å². The standard InChI is InChI=1S/C18H21N3O/c1-4-13(2)19-15-9-10-21-12-17(20-18(21)11-15)14-5-7-16(22-3)8-6-14/h5-13,19H,4H2,1-3H3. The molecule has 0 radical (unpaired) electrons. The summed E-state index contributed by atoms with van der Waals surface area (Å²) in [6.45, 7) is 4.35. The van der Waals surface area contributed by atoms with E-state index in [-0.39, 0.29) is 0 Å². The van der Waals surface area contributed by atoms with Gasteiger partial charge in [-0.1, -0.05) is 6.92 Å². The molecule has 22 heavy (non-hydrogen) atoms. The fourth-order valence-electron chi connectivity index (χ4n) is 2.36. The first-order chi connectivity index (χ1) is 10.7. The Balaban J connectivity index is 1.91. The second kappa shape index (κ2) is 6.10. The predicted molar refractivity (Wildman–Crippen MR) is 90.6 cm³/mol. The zero-order valence-corrected chi connectivity index (χ0v) is 13.2. The summed E-state index contributed by atoms with van der Waals surface area (Å²) in [6, 6.07) is 12.6. The third kappa shape index (κ3) is 2.91. The number of fused-ring (bicyclic) bond motifs is 1. The van der Waals surface area contributed by atoms with E-state index in [0.717, 1.165) is 34.8 Å². The van der Waals surface area contributed by atoms with E-state index in [9.17, 15) is 0 Å². The minimum Gasteiger partial charge on any atom is -0.497 e. The van der Waals surface area contributed by atoms with Gasteiger partial charge < -0.3 is 14.5 Å². The normalized spacial score (nSPS) is 12.3. The molecule has 2 aromatic heterocycles. The maximum Gasteiger partial charge on any atom is 0.139 e. The van der Waals surface area contributed by atoms with Crippen molar-refractivity contribution in [1.82, 2.24) is 9.38 Å². The molecule has 0 spiro atoms. The lowest BCUT2D eigenvalue weighted by molar-refractivity contribution is 0.415. The molecule has 4 nitrogen and oxygen atoms in total. The highest BCUT2D eigenvalue weighted by Gasteiger charge is 2.06. The zero-order chi connectivity index (χ0) is 15.5. The Morgan fingerprint density at radius 1 is 1.23 bits per heavy atom. The first-order valence-electron chi connectivity index (χ1n) is 7.59. The monoisotopic (exact) mass is 295 g/mol. The molecular formula is C18H21N3O. The SMILES string of the molecule is CCC(C)Nc1ccn2cc(-c3ccc(OC)cc3)nc2c1. The Hall–Kier alpha value is -2.49. The molecule has 1 N–H and O–H groups in total. The van der Waals surface area contributed by atoms with Crippen molar-refractivity contribution in [3.63, 3.8) is 0 Å². The van der Waals surface area contributed by atoms with E-state index < -0.39 is 0 Å². The fraction of sp³-hybridized carbons (Fsp3) is 0.278. The van der Waals surface area contributed by atoms with Crippen molar-refractivity contribution in [2.24, 2.45) is 0 Å². The summed E-state index contributed by atoms with van der Waals surface area (Å²) in [5, 5.41) is 3.48.